The molecule has 2 aromatic heterocycles. The van der Waals surface area contributed by atoms with Gasteiger partial charge in [0.25, 0.3) is 5.91 Å². The fourth-order valence-electron chi connectivity index (χ4n) is 3.48. The minimum atomic E-state index is 0.0212. The first kappa shape index (κ1) is 19.3. The Morgan fingerprint density at radius 3 is 2.52 bits per heavy atom. The first-order valence-corrected chi connectivity index (χ1v) is 10.4. The second kappa shape index (κ2) is 8.99. The van der Waals surface area contributed by atoms with Crippen molar-refractivity contribution in [3.05, 3.63) is 88.9 Å². The predicted molar refractivity (Wildman–Crippen MR) is 118 cm³/mol. The maximum absolute atomic E-state index is 13.5. The van der Waals surface area contributed by atoms with Crippen LogP contribution in [-0.2, 0) is 11.3 Å². The number of aromatic nitrogens is 1. The fraction of sp³-hybridized carbons (Fsp3) is 0.167. The summed E-state index contributed by atoms with van der Waals surface area (Å²) in [5.74, 6) is 0.0212. The van der Waals surface area contributed by atoms with Crippen LogP contribution >= 0.6 is 11.3 Å². The van der Waals surface area contributed by atoms with Crippen molar-refractivity contribution in [2.24, 2.45) is 0 Å². The number of hydrogen-bond acceptors (Lipinski definition) is 4. The molecule has 0 bridgehead atoms. The minimum absolute atomic E-state index is 0.0212. The monoisotopic (exact) mass is 402 g/mol. The number of nitrogens with zero attached hydrogens (tertiary/aromatic N) is 2. The molecule has 0 atom stereocenters. The zero-order valence-corrected chi connectivity index (χ0v) is 17.1. The lowest BCUT2D eigenvalue weighted by molar-refractivity contribution is 0.0684. The van der Waals surface area contributed by atoms with Gasteiger partial charge in [-0.15, -0.1) is 11.3 Å². The van der Waals surface area contributed by atoms with Gasteiger partial charge in [0, 0.05) is 36.5 Å². The number of rotatable bonds is 7. The van der Waals surface area contributed by atoms with Crippen molar-refractivity contribution in [2.45, 2.75) is 6.54 Å². The summed E-state index contributed by atoms with van der Waals surface area (Å²) in [4.78, 5) is 20.6. The molecule has 0 fully saturated rings. The molecule has 0 N–H and O–H groups in total. The molecule has 29 heavy (non-hydrogen) atoms. The molecule has 4 nitrogen and oxygen atoms in total. The summed E-state index contributed by atoms with van der Waals surface area (Å²) >= 11 is 1.66. The second-order valence-electron chi connectivity index (χ2n) is 6.74. The molecule has 146 valence electrons. The van der Waals surface area contributed by atoms with E-state index in [2.05, 4.69) is 17.1 Å². The topological polar surface area (TPSA) is 42.4 Å². The Hall–Kier alpha value is -3.02. The molecule has 5 heteroatoms. The smallest absolute Gasteiger partial charge is 0.254 e. The van der Waals surface area contributed by atoms with E-state index >= 15 is 0 Å². The molecule has 0 aliphatic carbocycles. The third-order valence-corrected chi connectivity index (χ3v) is 5.79. The highest BCUT2D eigenvalue weighted by molar-refractivity contribution is 7.09. The Labute approximate surface area is 174 Å². The van der Waals surface area contributed by atoms with Gasteiger partial charge in [0.2, 0.25) is 0 Å². The Kier molecular flexibility index (Phi) is 5.98. The molecule has 1 amide bonds. The van der Waals surface area contributed by atoms with Crippen LogP contribution in [-0.4, -0.2) is 36.1 Å². The molecular formula is C24H22N2O2S. The van der Waals surface area contributed by atoms with Gasteiger partial charge >= 0.3 is 0 Å². The van der Waals surface area contributed by atoms with Crippen molar-refractivity contribution >= 4 is 28.0 Å². The quantitative estimate of drug-likeness (QED) is 0.424. The van der Waals surface area contributed by atoms with E-state index in [9.17, 15) is 4.79 Å². The van der Waals surface area contributed by atoms with E-state index in [0.717, 1.165) is 26.8 Å². The van der Waals surface area contributed by atoms with E-state index in [1.807, 2.05) is 58.8 Å². The van der Waals surface area contributed by atoms with Gasteiger partial charge in [-0.1, -0.05) is 36.4 Å². The van der Waals surface area contributed by atoms with Gasteiger partial charge in [0.05, 0.1) is 13.2 Å². The van der Waals surface area contributed by atoms with Gasteiger partial charge in [-0.25, -0.2) is 0 Å². The highest BCUT2D eigenvalue weighted by Gasteiger charge is 2.20. The van der Waals surface area contributed by atoms with Crippen molar-refractivity contribution in [2.75, 3.05) is 20.3 Å². The van der Waals surface area contributed by atoms with E-state index in [1.165, 1.54) is 0 Å². The summed E-state index contributed by atoms with van der Waals surface area (Å²) in [6.45, 7) is 1.64. The van der Waals surface area contributed by atoms with Crippen molar-refractivity contribution in [3.63, 3.8) is 0 Å². The van der Waals surface area contributed by atoms with E-state index in [-0.39, 0.29) is 5.91 Å². The van der Waals surface area contributed by atoms with Gasteiger partial charge in [0.15, 0.2) is 0 Å². The predicted octanol–water partition coefficient (Wildman–Crippen LogP) is 5.25. The third-order valence-electron chi connectivity index (χ3n) is 4.93. The van der Waals surface area contributed by atoms with Crippen LogP contribution < -0.4 is 0 Å². The summed E-state index contributed by atoms with van der Waals surface area (Å²) in [5.41, 5.74) is 2.90. The number of ether oxygens (including phenoxy) is 1. The standard InChI is InChI=1S/C24H22N2O2S/c1-28-15-14-26(17-19-5-4-16-29-19)24(27)23-9-8-20(18-10-12-25-13-11-18)21-6-2-3-7-22(21)23/h2-13,16H,14-15,17H2,1H3. The van der Waals surface area contributed by atoms with Crippen molar-refractivity contribution in [1.82, 2.24) is 9.88 Å². The molecule has 0 aliphatic rings. The lowest BCUT2D eigenvalue weighted by atomic mass is 9.95. The zero-order chi connectivity index (χ0) is 20.1. The van der Waals surface area contributed by atoms with Gasteiger partial charge in [-0.05, 0) is 51.5 Å². The van der Waals surface area contributed by atoms with Crippen LogP contribution in [0.1, 0.15) is 15.2 Å². The van der Waals surface area contributed by atoms with Gasteiger partial charge in [0.1, 0.15) is 0 Å². The lowest BCUT2D eigenvalue weighted by Gasteiger charge is -2.23. The highest BCUT2D eigenvalue weighted by atomic mass is 32.1. The number of thiophene rings is 1. The fourth-order valence-corrected chi connectivity index (χ4v) is 4.20. The number of pyridine rings is 1. The molecule has 4 aromatic rings. The Morgan fingerprint density at radius 1 is 1.00 bits per heavy atom. The average Bonchev–Trinajstić information content (AvgIpc) is 3.29. The molecule has 2 heterocycles. The Balaban J connectivity index is 1.75. The number of amides is 1. The van der Waals surface area contributed by atoms with Crippen LogP contribution in [0.25, 0.3) is 21.9 Å². The number of hydrogen-bond donors (Lipinski definition) is 0. The second-order valence-corrected chi connectivity index (χ2v) is 7.77. The summed E-state index contributed by atoms with van der Waals surface area (Å²) in [6, 6.07) is 20.1. The van der Waals surface area contributed by atoms with Crippen molar-refractivity contribution < 1.29 is 9.53 Å². The molecule has 0 aliphatic heterocycles. The number of fused-ring (bicyclic) bond motifs is 1. The lowest BCUT2D eigenvalue weighted by Crippen LogP contribution is -2.33. The SMILES string of the molecule is COCCN(Cc1cccs1)C(=O)c1ccc(-c2ccncc2)c2ccccc12. The van der Waals surface area contributed by atoms with E-state index in [0.29, 0.717) is 25.3 Å². The van der Waals surface area contributed by atoms with E-state index < -0.39 is 0 Å². The van der Waals surface area contributed by atoms with Crippen molar-refractivity contribution in [3.8, 4) is 11.1 Å². The normalized spacial score (nSPS) is 10.9. The molecule has 0 radical (unpaired) electrons. The van der Waals surface area contributed by atoms with Crippen molar-refractivity contribution in [1.29, 1.82) is 0 Å². The molecule has 0 saturated heterocycles. The van der Waals surface area contributed by atoms with Crippen LogP contribution in [0.3, 0.4) is 0 Å². The van der Waals surface area contributed by atoms with E-state index in [4.69, 9.17) is 4.74 Å². The number of benzene rings is 2. The largest absolute Gasteiger partial charge is 0.383 e. The Morgan fingerprint density at radius 2 is 1.79 bits per heavy atom. The molecule has 0 spiro atoms. The first-order valence-electron chi connectivity index (χ1n) is 9.50. The molecule has 0 saturated carbocycles. The summed E-state index contributed by atoms with van der Waals surface area (Å²) in [7, 11) is 1.66. The zero-order valence-electron chi connectivity index (χ0n) is 16.2. The maximum Gasteiger partial charge on any atom is 0.254 e. The molecule has 0 unspecified atom stereocenters. The summed E-state index contributed by atoms with van der Waals surface area (Å²) < 4.78 is 5.25. The highest BCUT2D eigenvalue weighted by Crippen LogP contribution is 2.31. The molecule has 2 aromatic carbocycles. The van der Waals surface area contributed by atoms with Crippen LogP contribution in [0.15, 0.2) is 78.4 Å². The van der Waals surface area contributed by atoms with Crippen LogP contribution in [0.2, 0.25) is 0 Å². The van der Waals surface area contributed by atoms with Gasteiger partial charge in [-0.3, -0.25) is 9.78 Å². The maximum atomic E-state index is 13.5. The summed E-state index contributed by atoms with van der Waals surface area (Å²) in [6.07, 6.45) is 3.58. The average molecular weight is 403 g/mol. The number of carbonyl (C=O) groups excluding carboxylic acids is 1. The van der Waals surface area contributed by atoms with Crippen LogP contribution in [0.5, 0.6) is 0 Å². The number of methoxy groups -OCH3 is 1. The molecule has 4 rings (SSSR count). The Bertz CT molecular complexity index is 1090. The van der Waals surface area contributed by atoms with Crippen LogP contribution in [0, 0.1) is 0 Å². The first-order chi connectivity index (χ1) is 14.3. The van der Waals surface area contributed by atoms with Crippen LogP contribution in [0.4, 0.5) is 0 Å². The van der Waals surface area contributed by atoms with Gasteiger partial charge in [-0.2, -0.15) is 0 Å². The third kappa shape index (κ3) is 4.21. The number of carbonyl (C=O) groups is 1. The van der Waals surface area contributed by atoms with E-state index in [1.54, 1.807) is 30.8 Å². The molecular weight excluding hydrogens is 380 g/mol. The van der Waals surface area contributed by atoms with Gasteiger partial charge < -0.3 is 9.64 Å². The minimum Gasteiger partial charge on any atom is -0.383 e. The summed E-state index contributed by atoms with van der Waals surface area (Å²) in [5, 5.41) is 4.06.